The second-order valence-corrected chi connectivity index (χ2v) is 9.24. The van der Waals surface area contributed by atoms with Gasteiger partial charge in [-0.05, 0) is 12.0 Å². The Labute approximate surface area is 235 Å². The summed E-state index contributed by atoms with van der Waals surface area (Å²) < 4.78 is 32.0. The highest BCUT2D eigenvalue weighted by molar-refractivity contribution is 5.69. The van der Waals surface area contributed by atoms with Crippen LogP contribution in [0.5, 0.6) is 0 Å². The smallest absolute Gasteiger partial charge is 0.407 e. The van der Waals surface area contributed by atoms with Crippen LogP contribution in [0.2, 0.25) is 0 Å². The minimum absolute atomic E-state index is 0.142. The summed E-state index contributed by atoms with van der Waals surface area (Å²) in [5.41, 5.74) is 0.940. The summed E-state index contributed by atoms with van der Waals surface area (Å²) >= 11 is 0. The van der Waals surface area contributed by atoms with E-state index in [-0.39, 0.29) is 19.2 Å². The zero-order valence-corrected chi connectivity index (χ0v) is 24.0. The SMILES string of the molecule is CCCCCCCCCCCC(=O)OCCOCCOCCOCCOCCNC(=O)OCc1ccccc1. The Balaban J connectivity index is 1.72. The van der Waals surface area contributed by atoms with E-state index in [0.29, 0.717) is 65.8 Å². The highest BCUT2D eigenvalue weighted by atomic mass is 16.6. The zero-order valence-electron chi connectivity index (χ0n) is 24.0. The third-order valence-corrected chi connectivity index (χ3v) is 5.82. The lowest BCUT2D eigenvalue weighted by molar-refractivity contribution is -0.145. The van der Waals surface area contributed by atoms with Crippen molar-refractivity contribution < 1.29 is 38.0 Å². The lowest BCUT2D eigenvalue weighted by atomic mass is 10.1. The van der Waals surface area contributed by atoms with Crippen molar-refractivity contribution >= 4 is 12.1 Å². The number of ether oxygens (including phenoxy) is 6. The van der Waals surface area contributed by atoms with E-state index in [1.807, 2.05) is 30.3 Å². The van der Waals surface area contributed by atoms with Crippen molar-refractivity contribution in [2.75, 3.05) is 66.0 Å². The van der Waals surface area contributed by atoms with Gasteiger partial charge in [-0.3, -0.25) is 4.79 Å². The maximum atomic E-state index is 11.7. The Morgan fingerprint density at radius 3 is 1.72 bits per heavy atom. The first kappa shape index (κ1) is 34.8. The Hall–Kier alpha value is -2.20. The quantitative estimate of drug-likeness (QED) is 0.113. The van der Waals surface area contributed by atoms with Gasteiger partial charge in [0.25, 0.3) is 0 Å². The van der Waals surface area contributed by atoms with Crippen LogP contribution in [0.1, 0.15) is 76.7 Å². The van der Waals surface area contributed by atoms with Gasteiger partial charge in [-0.1, -0.05) is 88.6 Å². The number of alkyl carbamates (subject to hydrolysis) is 1. The fraction of sp³-hybridized carbons (Fsp3) is 0.733. The van der Waals surface area contributed by atoms with Crippen LogP contribution in [0.15, 0.2) is 30.3 Å². The molecule has 1 aromatic carbocycles. The second-order valence-electron chi connectivity index (χ2n) is 9.24. The van der Waals surface area contributed by atoms with Crippen LogP contribution in [0.4, 0.5) is 4.79 Å². The monoisotopic (exact) mass is 553 g/mol. The molecule has 1 amide bonds. The summed E-state index contributed by atoms with van der Waals surface area (Å²) in [6, 6.07) is 9.51. The largest absolute Gasteiger partial charge is 0.463 e. The van der Waals surface area contributed by atoms with Crippen LogP contribution in [0, 0.1) is 0 Å². The van der Waals surface area contributed by atoms with Crippen molar-refractivity contribution in [1.82, 2.24) is 5.32 Å². The maximum Gasteiger partial charge on any atom is 0.407 e. The number of rotatable bonds is 27. The molecule has 0 aliphatic carbocycles. The minimum Gasteiger partial charge on any atom is -0.463 e. The molecule has 0 radical (unpaired) electrons. The van der Waals surface area contributed by atoms with Crippen molar-refractivity contribution in [2.45, 2.75) is 77.7 Å². The first-order valence-corrected chi connectivity index (χ1v) is 14.6. The highest BCUT2D eigenvalue weighted by Gasteiger charge is 2.03. The molecule has 39 heavy (non-hydrogen) atoms. The zero-order chi connectivity index (χ0) is 28.1. The Kier molecular flexibility index (Phi) is 24.4. The highest BCUT2D eigenvalue weighted by Crippen LogP contribution is 2.10. The molecule has 1 N–H and O–H groups in total. The number of benzene rings is 1. The molecule has 0 spiro atoms. The number of esters is 1. The van der Waals surface area contributed by atoms with Crippen LogP contribution in [-0.4, -0.2) is 78.1 Å². The molecule has 0 aliphatic rings. The number of hydrogen-bond donors (Lipinski definition) is 1. The Bertz CT molecular complexity index is 689. The molecule has 0 aromatic heterocycles. The molecular formula is C30H51NO8. The number of carbonyl (C=O) groups excluding carboxylic acids is 2. The number of unbranched alkanes of at least 4 members (excludes halogenated alkanes) is 8. The summed E-state index contributed by atoms with van der Waals surface area (Å²) in [7, 11) is 0. The maximum absolute atomic E-state index is 11.7. The summed E-state index contributed by atoms with van der Waals surface area (Å²) in [5, 5.41) is 2.64. The molecular weight excluding hydrogens is 502 g/mol. The minimum atomic E-state index is -0.467. The summed E-state index contributed by atoms with van der Waals surface area (Å²) in [6.45, 7) is 6.59. The molecule has 0 fully saturated rings. The molecule has 0 aliphatic heterocycles. The first-order valence-electron chi connectivity index (χ1n) is 14.6. The van der Waals surface area contributed by atoms with Crippen LogP contribution in [0.25, 0.3) is 0 Å². The summed E-state index contributed by atoms with van der Waals surface area (Å²) in [6.07, 6.45) is 11.1. The molecule has 0 atom stereocenters. The molecule has 9 nitrogen and oxygen atoms in total. The van der Waals surface area contributed by atoms with Crippen LogP contribution in [0.3, 0.4) is 0 Å². The summed E-state index contributed by atoms with van der Waals surface area (Å²) in [5.74, 6) is -0.142. The normalized spacial score (nSPS) is 10.9. The molecule has 9 heteroatoms. The van der Waals surface area contributed by atoms with Gasteiger partial charge in [0.15, 0.2) is 0 Å². The molecule has 1 rings (SSSR count). The fourth-order valence-corrected chi connectivity index (χ4v) is 3.63. The van der Waals surface area contributed by atoms with Gasteiger partial charge < -0.3 is 33.7 Å². The standard InChI is InChI=1S/C30H51NO8/c1-2-3-4-5-6-7-8-9-13-16-29(32)38-26-25-37-24-23-36-22-21-35-20-19-34-18-17-31-30(33)39-27-28-14-11-10-12-15-28/h10-12,14-15H,2-9,13,16-27H2,1H3,(H,31,33). The number of amides is 1. The van der Waals surface area contributed by atoms with E-state index in [2.05, 4.69) is 12.2 Å². The number of carbonyl (C=O) groups is 2. The number of hydrogen-bond acceptors (Lipinski definition) is 8. The molecule has 0 heterocycles. The van der Waals surface area contributed by atoms with Gasteiger partial charge in [0.2, 0.25) is 0 Å². The molecule has 0 saturated carbocycles. The average Bonchev–Trinajstić information content (AvgIpc) is 2.95. The molecule has 224 valence electrons. The van der Waals surface area contributed by atoms with E-state index in [1.165, 1.54) is 44.9 Å². The molecule has 1 aromatic rings. The van der Waals surface area contributed by atoms with E-state index < -0.39 is 6.09 Å². The lowest BCUT2D eigenvalue weighted by Crippen LogP contribution is -2.28. The van der Waals surface area contributed by atoms with Crippen molar-refractivity contribution in [3.05, 3.63) is 35.9 Å². The van der Waals surface area contributed by atoms with E-state index >= 15 is 0 Å². The van der Waals surface area contributed by atoms with E-state index in [9.17, 15) is 9.59 Å². The summed E-state index contributed by atoms with van der Waals surface area (Å²) in [4.78, 5) is 23.3. The van der Waals surface area contributed by atoms with Crippen molar-refractivity contribution in [3.8, 4) is 0 Å². The first-order chi connectivity index (χ1) is 19.2. The van der Waals surface area contributed by atoms with E-state index in [1.54, 1.807) is 0 Å². The van der Waals surface area contributed by atoms with Crippen molar-refractivity contribution in [2.24, 2.45) is 0 Å². The van der Waals surface area contributed by atoms with Crippen molar-refractivity contribution in [3.63, 3.8) is 0 Å². The third-order valence-electron chi connectivity index (χ3n) is 5.82. The van der Waals surface area contributed by atoms with E-state index in [0.717, 1.165) is 18.4 Å². The van der Waals surface area contributed by atoms with Gasteiger partial charge in [0.05, 0.1) is 52.9 Å². The van der Waals surface area contributed by atoms with Crippen LogP contribution < -0.4 is 5.32 Å². The van der Waals surface area contributed by atoms with Gasteiger partial charge in [-0.25, -0.2) is 4.79 Å². The van der Waals surface area contributed by atoms with Gasteiger partial charge in [-0.2, -0.15) is 0 Å². The van der Waals surface area contributed by atoms with Crippen LogP contribution in [-0.2, 0) is 39.8 Å². The van der Waals surface area contributed by atoms with Gasteiger partial charge in [0, 0.05) is 13.0 Å². The Morgan fingerprint density at radius 1 is 0.615 bits per heavy atom. The van der Waals surface area contributed by atoms with Crippen molar-refractivity contribution in [1.29, 1.82) is 0 Å². The van der Waals surface area contributed by atoms with Gasteiger partial charge >= 0.3 is 12.1 Å². The lowest BCUT2D eigenvalue weighted by Gasteiger charge is -2.09. The van der Waals surface area contributed by atoms with Crippen LogP contribution >= 0.6 is 0 Å². The van der Waals surface area contributed by atoms with Gasteiger partial charge in [-0.15, -0.1) is 0 Å². The van der Waals surface area contributed by atoms with E-state index in [4.69, 9.17) is 28.4 Å². The average molecular weight is 554 g/mol. The molecule has 0 saturated heterocycles. The molecule has 0 bridgehead atoms. The number of nitrogens with one attached hydrogen (secondary N) is 1. The fourth-order valence-electron chi connectivity index (χ4n) is 3.63. The molecule has 0 unspecified atom stereocenters. The topological polar surface area (TPSA) is 102 Å². The third kappa shape index (κ3) is 24.6. The Morgan fingerprint density at radius 2 is 1.13 bits per heavy atom. The second kappa shape index (κ2) is 27.4. The predicted molar refractivity (Wildman–Crippen MR) is 151 cm³/mol. The predicted octanol–water partition coefficient (Wildman–Crippen LogP) is 5.44. The van der Waals surface area contributed by atoms with Gasteiger partial charge in [0.1, 0.15) is 13.2 Å².